The fraction of sp³-hybridized carbons (Fsp3) is 0.500. The third-order valence-corrected chi connectivity index (χ3v) is 5.24. The summed E-state index contributed by atoms with van der Waals surface area (Å²) in [5, 5.41) is 7.95. The van der Waals surface area contributed by atoms with Gasteiger partial charge in [0.25, 0.3) is 0 Å². The molecule has 0 unspecified atom stereocenters. The van der Waals surface area contributed by atoms with Crippen molar-refractivity contribution in [3.05, 3.63) is 23.8 Å². The van der Waals surface area contributed by atoms with Crippen LogP contribution in [0.15, 0.2) is 23.1 Å². The van der Waals surface area contributed by atoms with Crippen LogP contribution >= 0.6 is 12.4 Å². The second-order valence-electron chi connectivity index (χ2n) is 5.67. The maximum Gasteiger partial charge on any atom is 0.238 e. The first-order valence-electron chi connectivity index (χ1n) is 6.93. The molecule has 8 heteroatoms. The number of hydrogen-bond donors (Lipinski definition) is 3. The summed E-state index contributed by atoms with van der Waals surface area (Å²) < 4.78 is 23.0. The molecule has 0 aliphatic heterocycles. The van der Waals surface area contributed by atoms with Gasteiger partial charge in [-0.15, -0.1) is 12.4 Å². The minimum Gasteiger partial charge on any atom is -0.329 e. The van der Waals surface area contributed by atoms with Crippen LogP contribution in [0.4, 0.5) is 5.69 Å². The Morgan fingerprint density at radius 1 is 1.32 bits per heavy atom. The number of aryl methyl sites for hydroxylation is 1. The van der Waals surface area contributed by atoms with E-state index in [9.17, 15) is 13.2 Å². The summed E-state index contributed by atoms with van der Waals surface area (Å²) in [6, 6.07) is 4.68. The molecule has 1 amide bonds. The highest BCUT2D eigenvalue weighted by molar-refractivity contribution is 7.89. The largest absolute Gasteiger partial charge is 0.329 e. The van der Waals surface area contributed by atoms with Crippen LogP contribution in [0, 0.1) is 12.3 Å². The third kappa shape index (κ3) is 3.78. The van der Waals surface area contributed by atoms with Crippen molar-refractivity contribution in [3.8, 4) is 0 Å². The average Bonchev–Trinajstić information content (AvgIpc) is 2.89. The molecule has 1 aliphatic carbocycles. The van der Waals surface area contributed by atoms with E-state index in [0.29, 0.717) is 17.8 Å². The van der Waals surface area contributed by atoms with Crippen LogP contribution in [-0.2, 0) is 14.8 Å². The van der Waals surface area contributed by atoms with Gasteiger partial charge in [-0.25, -0.2) is 13.6 Å². The van der Waals surface area contributed by atoms with E-state index >= 15 is 0 Å². The zero-order valence-corrected chi connectivity index (χ0v) is 14.1. The normalized spacial score (nSPS) is 16.9. The number of rotatable bonds is 4. The van der Waals surface area contributed by atoms with Crippen LogP contribution in [-0.4, -0.2) is 20.9 Å². The highest BCUT2D eigenvalue weighted by Crippen LogP contribution is 2.38. The first-order valence-corrected chi connectivity index (χ1v) is 8.48. The van der Waals surface area contributed by atoms with Crippen molar-refractivity contribution in [1.82, 2.24) is 0 Å². The second kappa shape index (κ2) is 6.95. The van der Waals surface area contributed by atoms with Crippen molar-refractivity contribution >= 4 is 34.0 Å². The van der Waals surface area contributed by atoms with Crippen LogP contribution in [0.5, 0.6) is 0 Å². The monoisotopic (exact) mass is 347 g/mol. The first kappa shape index (κ1) is 18.9. The Kier molecular flexibility index (Phi) is 5.97. The summed E-state index contributed by atoms with van der Waals surface area (Å²) in [5.74, 6) is -0.147. The highest BCUT2D eigenvalue weighted by atomic mass is 35.5. The van der Waals surface area contributed by atoms with E-state index in [0.717, 1.165) is 25.7 Å². The zero-order valence-electron chi connectivity index (χ0n) is 12.5. The lowest BCUT2D eigenvalue weighted by molar-refractivity contribution is -0.124. The molecular weight excluding hydrogens is 326 g/mol. The maximum absolute atomic E-state index is 12.4. The van der Waals surface area contributed by atoms with E-state index in [1.165, 1.54) is 6.07 Å². The molecule has 1 fully saturated rings. The van der Waals surface area contributed by atoms with Crippen LogP contribution in [0.1, 0.15) is 31.2 Å². The molecule has 0 atom stereocenters. The summed E-state index contributed by atoms with van der Waals surface area (Å²) in [5.41, 5.74) is 6.21. The SMILES string of the molecule is Cc1ccc(NC(=O)C2(CN)CCCC2)cc1S(N)(=O)=O.Cl. The molecule has 22 heavy (non-hydrogen) atoms. The van der Waals surface area contributed by atoms with Gasteiger partial charge in [0.15, 0.2) is 0 Å². The van der Waals surface area contributed by atoms with Gasteiger partial charge >= 0.3 is 0 Å². The van der Waals surface area contributed by atoms with Gasteiger partial charge in [0.1, 0.15) is 0 Å². The van der Waals surface area contributed by atoms with Crippen LogP contribution in [0.3, 0.4) is 0 Å². The molecule has 6 nitrogen and oxygen atoms in total. The number of halogens is 1. The van der Waals surface area contributed by atoms with Crippen LogP contribution in [0.25, 0.3) is 0 Å². The third-order valence-electron chi connectivity index (χ3n) is 4.19. The van der Waals surface area contributed by atoms with Gasteiger partial charge in [-0.05, 0) is 37.5 Å². The minimum absolute atomic E-state index is 0. The van der Waals surface area contributed by atoms with Crippen LogP contribution < -0.4 is 16.2 Å². The van der Waals surface area contributed by atoms with E-state index in [1.807, 2.05) is 0 Å². The summed E-state index contributed by atoms with van der Waals surface area (Å²) in [6.45, 7) is 1.95. The molecule has 0 bridgehead atoms. The Balaban J connectivity index is 0.00000242. The number of benzene rings is 1. The van der Waals surface area contributed by atoms with Gasteiger partial charge in [-0.2, -0.15) is 0 Å². The molecule has 1 aliphatic rings. The Morgan fingerprint density at radius 3 is 2.41 bits per heavy atom. The van der Waals surface area contributed by atoms with Gasteiger partial charge in [0.2, 0.25) is 15.9 Å². The van der Waals surface area contributed by atoms with Gasteiger partial charge in [-0.1, -0.05) is 18.9 Å². The number of anilines is 1. The summed E-state index contributed by atoms with van der Waals surface area (Å²) in [6.07, 6.45) is 3.51. The Hall–Kier alpha value is -1.15. The van der Waals surface area contributed by atoms with Crippen molar-refractivity contribution < 1.29 is 13.2 Å². The number of sulfonamides is 1. The number of carbonyl (C=O) groups is 1. The van der Waals surface area contributed by atoms with Crippen molar-refractivity contribution in [2.24, 2.45) is 16.3 Å². The van der Waals surface area contributed by atoms with Crippen molar-refractivity contribution in [2.45, 2.75) is 37.5 Å². The predicted molar refractivity (Wildman–Crippen MR) is 88.4 cm³/mol. The lowest BCUT2D eigenvalue weighted by Crippen LogP contribution is -2.40. The standard InChI is InChI=1S/C14H21N3O3S.ClH/c1-10-4-5-11(8-12(10)21(16,19)20)17-13(18)14(9-15)6-2-3-7-14;/h4-5,8H,2-3,6-7,9,15H2,1H3,(H,17,18)(H2,16,19,20);1H. The van der Waals surface area contributed by atoms with E-state index in [1.54, 1.807) is 19.1 Å². The van der Waals surface area contributed by atoms with Gasteiger partial charge in [0, 0.05) is 12.2 Å². The lowest BCUT2D eigenvalue weighted by Gasteiger charge is -2.25. The fourth-order valence-corrected chi connectivity index (χ4v) is 3.63. The van der Waals surface area contributed by atoms with E-state index in [-0.39, 0.29) is 23.2 Å². The molecule has 1 aromatic rings. The number of primary sulfonamides is 1. The summed E-state index contributed by atoms with van der Waals surface area (Å²) in [4.78, 5) is 12.5. The average molecular weight is 348 g/mol. The molecule has 0 saturated heterocycles. The Labute approximate surface area is 137 Å². The Morgan fingerprint density at radius 2 is 1.91 bits per heavy atom. The summed E-state index contributed by atoms with van der Waals surface area (Å²) in [7, 11) is -3.81. The number of hydrogen-bond acceptors (Lipinski definition) is 4. The smallest absolute Gasteiger partial charge is 0.238 e. The predicted octanol–water partition coefficient (Wildman–Crippen LogP) is 1.52. The number of amides is 1. The van der Waals surface area contributed by atoms with Gasteiger partial charge in [-0.3, -0.25) is 4.79 Å². The molecular formula is C14H22ClN3O3S. The highest BCUT2D eigenvalue weighted by Gasteiger charge is 2.39. The number of nitrogens with one attached hydrogen (secondary N) is 1. The molecule has 5 N–H and O–H groups in total. The van der Waals surface area contributed by atoms with Crippen molar-refractivity contribution in [2.75, 3.05) is 11.9 Å². The molecule has 0 spiro atoms. The fourth-order valence-electron chi connectivity index (χ4n) is 2.82. The molecule has 2 rings (SSSR count). The molecule has 1 aromatic carbocycles. The Bertz CT molecular complexity index is 655. The zero-order chi connectivity index (χ0) is 15.7. The van der Waals surface area contributed by atoms with Crippen molar-refractivity contribution in [1.29, 1.82) is 0 Å². The topological polar surface area (TPSA) is 115 Å². The van der Waals surface area contributed by atoms with Gasteiger partial charge < -0.3 is 11.1 Å². The minimum atomic E-state index is -3.81. The first-order chi connectivity index (χ1) is 9.78. The molecule has 124 valence electrons. The van der Waals surface area contributed by atoms with Crippen LogP contribution in [0.2, 0.25) is 0 Å². The number of nitrogens with two attached hydrogens (primary N) is 2. The maximum atomic E-state index is 12.4. The van der Waals surface area contributed by atoms with E-state index in [2.05, 4.69) is 5.32 Å². The van der Waals surface area contributed by atoms with E-state index < -0.39 is 15.4 Å². The quantitative estimate of drug-likeness (QED) is 0.765. The molecule has 0 heterocycles. The molecule has 0 aromatic heterocycles. The second-order valence-corrected chi connectivity index (χ2v) is 7.20. The lowest BCUT2D eigenvalue weighted by atomic mass is 9.85. The molecule has 1 saturated carbocycles. The molecule has 0 radical (unpaired) electrons. The van der Waals surface area contributed by atoms with Crippen molar-refractivity contribution in [3.63, 3.8) is 0 Å². The van der Waals surface area contributed by atoms with Gasteiger partial charge in [0.05, 0.1) is 10.3 Å². The summed E-state index contributed by atoms with van der Waals surface area (Å²) >= 11 is 0. The number of carbonyl (C=O) groups excluding carboxylic acids is 1. The van der Waals surface area contributed by atoms with E-state index in [4.69, 9.17) is 10.9 Å².